The van der Waals surface area contributed by atoms with Crippen molar-refractivity contribution >= 4 is 62.8 Å². The van der Waals surface area contributed by atoms with E-state index in [2.05, 4.69) is 26.1 Å². The lowest BCUT2D eigenvalue weighted by molar-refractivity contribution is -0.113. The van der Waals surface area contributed by atoms with E-state index in [0.717, 1.165) is 21.3 Å². The van der Waals surface area contributed by atoms with Crippen molar-refractivity contribution in [1.29, 1.82) is 0 Å². The zero-order valence-corrected chi connectivity index (χ0v) is 16.9. The summed E-state index contributed by atoms with van der Waals surface area (Å²) < 4.78 is 0. The minimum atomic E-state index is -0.105. The third kappa shape index (κ3) is 6.31. The van der Waals surface area contributed by atoms with E-state index in [1.807, 2.05) is 61.5 Å². The molecule has 0 spiro atoms. The molecule has 0 unspecified atom stereocenters. The minimum Gasteiger partial charge on any atom is -0.332 e. The number of thiocarbonyl (C=S) groups is 1. The molecule has 0 saturated heterocycles. The first-order chi connectivity index (χ1) is 13.1. The summed E-state index contributed by atoms with van der Waals surface area (Å²) in [5.74, 6) is 0.200. The summed E-state index contributed by atoms with van der Waals surface area (Å²) in [5.41, 5.74) is 1.81. The van der Waals surface area contributed by atoms with Crippen LogP contribution in [-0.2, 0) is 4.79 Å². The van der Waals surface area contributed by atoms with Crippen LogP contribution in [0.1, 0.15) is 5.01 Å². The van der Waals surface area contributed by atoms with Crippen LogP contribution < -0.4 is 16.0 Å². The Hall–Kier alpha value is -2.49. The van der Waals surface area contributed by atoms with Gasteiger partial charge in [-0.05, 0) is 55.5 Å². The number of amides is 1. The molecule has 1 heterocycles. The van der Waals surface area contributed by atoms with E-state index in [9.17, 15) is 4.79 Å². The number of benzene rings is 2. The normalized spacial score (nSPS) is 10.3. The highest BCUT2D eigenvalue weighted by atomic mass is 32.2. The summed E-state index contributed by atoms with van der Waals surface area (Å²) in [5, 5.41) is 18.6. The first-order valence-electron chi connectivity index (χ1n) is 8.04. The van der Waals surface area contributed by atoms with E-state index >= 15 is 0 Å². The first-order valence-corrected chi connectivity index (χ1v) is 10.3. The maximum Gasteiger partial charge on any atom is 0.236 e. The minimum absolute atomic E-state index is 0.105. The highest BCUT2D eigenvalue weighted by molar-refractivity contribution is 8.00. The van der Waals surface area contributed by atoms with Gasteiger partial charge in [0, 0.05) is 16.3 Å². The van der Waals surface area contributed by atoms with E-state index in [1.54, 1.807) is 0 Å². The van der Waals surface area contributed by atoms with Crippen LogP contribution in [0, 0.1) is 6.92 Å². The summed E-state index contributed by atoms with van der Waals surface area (Å²) in [6.45, 7) is 1.85. The molecule has 0 saturated carbocycles. The van der Waals surface area contributed by atoms with Gasteiger partial charge in [0.05, 0.1) is 5.75 Å². The monoisotopic (exact) mass is 415 g/mol. The first kappa shape index (κ1) is 19.3. The SMILES string of the molecule is Cc1nnc(NC(=O)CSc2ccc(NC(=S)Nc3ccccc3)cc2)s1. The number of hydrogen-bond acceptors (Lipinski definition) is 6. The quantitative estimate of drug-likeness (QED) is 0.407. The number of nitrogens with one attached hydrogen (secondary N) is 3. The maximum absolute atomic E-state index is 12.0. The van der Waals surface area contributed by atoms with Crippen LogP contribution in [0.4, 0.5) is 16.5 Å². The van der Waals surface area contributed by atoms with E-state index in [0.29, 0.717) is 16.0 Å². The van der Waals surface area contributed by atoms with Crippen molar-refractivity contribution in [3.8, 4) is 0 Å². The van der Waals surface area contributed by atoms with Crippen LogP contribution >= 0.6 is 35.3 Å². The van der Waals surface area contributed by atoms with E-state index in [4.69, 9.17) is 12.2 Å². The second kappa shape index (κ2) is 9.45. The van der Waals surface area contributed by atoms with Crippen LogP contribution in [0.25, 0.3) is 0 Å². The Kier molecular flexibility index (Phi) is 6.74. The molecule has 6 nitrogen and oxygen atoms in total. The molecule has 0 aliphatic heterocycles. The van der Waals surface area contributed by atoms with Gasteiger partial charge in [0.15, 0.2) is 5.11 Å². The van der Waals surface area contributed by atoms with E-state index < -0.39 is 0 Å². The van der Waals surface area contributed by atoms with Crippen molar-refractivity contribution < 1.29 is 4.79 Å². The Morgan fingerprint density at radius 3 is 2.30 bits per heavy atom. The molecule has 1 amide bonds. The number of carbonyl (C=O) groups is 1. The summed E-state index contributed by atoms with van der Waals surface area (Å²) in [4.78, 5) is 12.9. The molecule has 0 bridgehead atoms. The van der Waals surface area contributed by atoms with Gasteiger partial charge in [-0.15, -0.1) is 22.0 Å². The summed E-state index contributed by atoms with van der Waals surface area (Å²) >= 11 is 8.12. The van der Waals surface area contributed by atoms with Crippen LogP contribution in [0.2, 0.25) is 0 Å². The summed E-state index contributed by atoms with van der Waals surface area (Å²) in [6, 6.07) is 17.5. The van der Waals surface area contributed by atoms with Gasteiger partial charge in [0.25, 0.3) is 0 Å². The lowest BCUT2D eigenvalue weighted by Crippen LogP contribution is -2.18. The number of carbonyl (C=O) groups excluding carboxylic acids is 1. The molecule has 3 N–H and O–H groups in total. The number of hydrogen-bond donors (Lipinski definition) is 3. The van der Waals surface area contributed by atoms with Gasteiger partial charge in [-0.25, -0.2) is 0 Å². The standard InChI is InChI=1S/C18H17N5OS3/c1-12-22-23-18(27-12)21-16(24)11-26-15-9-7-14(8-10-15)20-17(25)19-13-5-3-2-4-6-13/h2-10H,11H2,1H3,(H2,19,20,25)(H,21,23,24). The van der Waals surface area contributed by atoms with Crippen molar-refractivity contribution in [2.75, 3.05) is 21.7 Å². The van der Waals surface area contributed by atoms with Gasteiger partial charge >= 0.3 is 0 Å². The molecule has 2 aromatic carbocycles. The van der Waals surface area contributed by atoms with E-state index in [1.165, 1.54) is 23.1 Å². The third-order valence-electron chi connectivity index (χ3n) is 3.29. The lowest BCUT2D eigenvalue weighted by atomic mass is 10.3. The summed E-state index contributed by atoms with van der Waals surface area (Å²) in [7, 11) is 0. The number of aromatic nitrogens is 2. The second-order valence-electron chi connectivity index (χ2n) is 5.43. The fourth-order valence-corrected chi connectivity index (χ4v) is 3.64. The van der Waals surface area contributed by atoms with Crippen molar-refractivity contribution in [2.24, 2.45) is 0 Å². The van der Waals surface area contributed by atoms with Gasteiger partial charge in [0.1, 0.15) is 5.01 Å². The predicted octanol–water partition coefficient (Wildman–Crippen LogP) is 4.39. The Balaban J connectivity index is 1.45. The average molecular weight is 416 g/mol. The fourth-order valence-electron chi connectivity index (χ4n) is 2.10. The van der Waals surface area contributed by atoms with Gasteiger partial charge in [-0.1, -0.05) is 29.5 Å². The Morgan fingerprint density at radius 2 is 1.67 bits per heavy atom. The third-order valence-corrected chi connectivity index (χ3v) is 5.26. The van der Waals surface area contributed by atoms with Gasteiger partial charge in [0.2, 0.25) is 11.0 Å². The smallest absolute Gasteiger partial charge is 0.236 e. The number of para-hydroxylation sites is 1. The highest BCUT2D eigenvalue weighted by Crippen LogP contribution is 2.21. The molecule has 3 rings (SSSR count). The number of aryl methyl sites for hydroxylation is 1. The maximum atomic E-state index is 12.0. The number of thioether (sulfide) groups is 1. The van der Waals surface area contributed by atoms with Crippen LogP contribution in [0.5, 0.6) is 0 Å². The molecular formula is C18H17N5OS3. The number of nitrogens with zero attached hydrogens (tertiary/aromatic N) is 2. The Bertz CT molecular complexity index is 912. The molecule has 0 atom stereocenters. The molecule has 0 radical (unpaired) electrons. The summed E-state index contributed by atoms with van der Waals surface area (Å²) in [6.07, 6.45) is 0. The van der Waals surface area contributed by atoms with Crippen LogP contribution in [-0.4, -0.2) is 27.0 Å². The number of anilines is 3. The van der Waals surface area contributed by atoms with Crippen LogP contribution in [0.15, 0.2) is 59.5 Å². The molecule has 9 heteroatoms. The van der Waals surface area contributed by atoms with Gasteiger partial charge in [-0.2, -0.15) is 0 Å². The zero-order chi connectivity index (χ0) is 19.1. The van der Waals surface area contributed by atoms with Crippen molar-refractivity contribution in [1.82, 2.24) is 10.2 Å². The van der Waals surface area contributed by atoms with Gasteiger partial charge < -0.3 is 10.6 Å². The van der Waals surface area contributed by atoms with Crippen LogP contribution in [0.3, 0.4) is 0 Å². The molecule has 1 aromatic heterocycles. The van der Waals surface area contributed by atoms with Crippen molar-refractivity contribution in [2.45, 2.75) is 11.8 Å². The average Bonchev–Trinajstić information content (AvgIpc) is 3.06. The molecule has 27 heavy (non-hydrogen) atoms. The molecule has 3 aromatic rings. The number of rotatable bonds is 6. The second-order valence-corrected chi connectivity index (χ2v) is 8.07. The largest absolute Gasteiger partial charge is 0.332 e. The molecule has 0 aliphatic rings. The van der Waals surface area contributed by atoms with Crippen molar-refractivity contribution in [3.05, 3.63) is 59.6 Å². The van der Waals surface area contributed by atoms with E-state index in [-0.39, 0.29) is 5.91 Å². The molecular weight excluding hydrogens is 398 g/mol. The topological polar surface area (TPSA) is 78.9 Å². The molecule has 0 fully saturated rings. The Morgan fingerprint density at radius 1 is 1.00 bits per heavy atom. The van der Waals surface area contributed by atoms with Gasteiger partial charge in [-0.3, -0.25) is 10.1 Å². The zero-order valence-electron chi connectivity index (χ0n) is 14.4. The predicted molar refractivity (Wildman–Crippen MR) is 117 cm³/mol. The Labute approximate surface area is 170 Å². The molecule has 138 valence electrons. The fraction of sp³-hybridized carbons (Fsp3) is 0.111. The highest BCUT2D eigenvalue weighted by Gasteiger charge is 2.07. The lowest BCUT2D eigenvalue weighted by Gasteiger charge is -2.11. The molecule has 0 aliphatic carbocycles. The van der Waals surface area contributed by atoms with Crippen molar-refractivity contribution in [3.63, 3.8) is 0 Å².